The van der Waals surface area contributed by atoms with Gasteiger partial charge < -0.3 is 8.85 Å². The summed E-state index contributed by atoms with van der Waals surface area (Å²) >= 11 is 0. The van der Waals surface area contributed by atoms with Gasteiger partial charge >= 0.3 is 5.97 Å². The van der Waals surface area contributed by atoms with E-state index in [1.165, 1.54) is 12.8 Å². The average Bonchev–Trinajstić information content (AvgIpc) is 2.38. The zero-order valence-corrected chi connectivity index (χ0v) is 20.8. The SMILES string of the molecule is CCCCCCC(O[Si](C)(C)C(C)(C)C)C(=O)O[Si](C)(C)C(C)(C)C. The van der Waals surface area contributed by atoms with Gasteiger partial charge in [0.2, 0.25) is 0 Å². The van der Waals surface area contributed by atoms with E-state index in [1.54, 1.807) is 0 Å². The second kappa shape index (κ2) is 9.18. The third-order valence-electron chi connectivity index (χ3n) is 5.99. The monoisotopic (exact) mass is 388 g/mol. The molecule has 5 heteroatoms. The molecule has 0 aromatic rings. The van der Waals surface area contributed by atoms with Gasteiger partial charge in [-0.1, -0.05) is 74.1 Å². The van der Waals surface area contributed by atoms with Crippen LogP contribution < -0.4 is 0 Å². The molecule has 0 saturated carbocycles. The number of hydrogen-bond acceptors (Lipinski definition) is 3. The first kappa shape index (κ1) is 24.9. The molecule has 0 fully saturated rings. The van der Waals surface area contributed by atoms with Gasteiger partial charge in [0.05, 0.1) is 0 Å². The van der Waals surface area contributed by atoms with Crippen molar-refractivity contribution in [2.45, 2.75) is 123 Å². The predicted molar refractivity (Wildman–Crippen MR) is 114 cm³/mol. The number of unbranched alkanes of at least 4 members (excludes halogenated alkanes) is 3. The van der Waals surface area contributed by atoms with Crippen LogP contribution in [0.3, 0.4) is 0 Å². The summed E-state index contributed by atoms with van der Waals surface area (Å²) in [6, 6.07) is 0. The number of carbonyl (C=O) groups excluding carboxylic acids is 1. The van der Waals surface area contributed by atoms with Crippen LogP contribution in [0.5, 0.6) is 0 Å². The van der Waals surface area contributed by atoms with Crippen LogP contribution in [-0.4, -0.2) is 28.7 Å². The maximum absolute atomic E-state index is 13.0. The van der Waals surface area contributed by atoms with E-state index in [2.05, 4.69) is 74.7 Å². The second-order valence-electron chi connectivity index (χ2n) is 10.4. The summed E-state index contributed by atoms with van der Waals surface area (Å²) in [5.74, 6) is -0.132. The van der Waals surface area contributed by atoms with E-state index >= 15 is 0 Å². The van der Waals surface area contributed by atoms with E-state index in [-0.39, 0.29) is 16.0 Å². The van der Waals surface area contributed by atoms with Crippen LogP contribution in [-0.2, 0) is 13.6 Å². The van der Waals surface area contributed by atoms with E-state index in [1.807, 2.05) is 0 Å². The Labute approximate surface area is 159 Å². The summed E-state index contributed by atoms with van der Waals surface area (Å²) in [6.45, 7) is 24.0. The minimum atomic E-state index is -2.12. The molecule has 0 aliphatic carbocycles. The summed E-state index contributed by atoms with van der Waals surface area (Å²) in [7, 11) is -4.13. The molecule has 1 atom stereocenters. The van der Waals surface area contributed by atoms with Gasteiger partial charge in [-0.2, -0.15) is 0 Å². The lowest BCUT2D eigenvalue weighted by molar-refractivity contribution is -0.144. The van der Waals surface area contributed by atoms with Crippen molar-refractivity contribution in [3.05, 3.63) is 0 Å². The van der Waals surface area contributed by atoms with Gasteiger partial charge in [0, 0.05) is 0 Å². The number of carbonyl (C=O) groups is 1. The van der Waals surface area contributed by atoms with Crippen molar-refractivity contribution >= 4 is 22.6 Å². The van der Waals surface area contributed by atoms with Gasteiger partial charge in [0.1, 0.15) is 6.10 Å². The maximum atomic E-state index is 13.0. The van der Waals surface area contributed by atoms with Crippen molar-refractivity contribution in [2.75, 3.05) is 0 Å². The molecule has 0 amide bonds. The Balaban J connectivity index is 5.21. The first-order valence-corrected chi connectivity index (χ1v) is 15.8. The quantitative estimate of drug-likeness (QED) is 0.318. The molecule has 0 heterocycles. The van der Waals surface area contributed by atoms with E-state index in [9.17, 15) is 4.79 Å². The predicted octanol–water partition coefficient (Wildman–Crippen LogP) is 6.90. The Morgan fingerprint density at radius 3 is 1.72 bits per heavy atom. The summed E-state index contributed by atoms with van der Waals surface area (Å²) in [6.07, 6.45) is 4.96. The summed E-state index contributed by atoms with van der Waals surface area (Å²) in [5.41, 5.74) is 0. The summed E-state index contributed by atoms with van der Waals surface area (Å²) in [5, 5.41) is 0.109. The van der Waals surface area contributed by atoms with Crippen LogP contribution in [0.1, 0.15) is 80.6 Å². The van der Waals surface area contributed by atoms with Crippen molar-refractivity contribution in [3.63, 3.8) is 0 Å². The van der Waals surface area contributed by atoms with Crippen molar-refractivity contribution < 1.29 is 13.6 Å². The van der Waals surface area contributed by atoms with Crippen molar-refractivity contribution in [1.82, 2.24) is 0 Å². The normalized spacial score (nSPS) is 15.2. The Kier molecular flexibility index (Phi) is 9.13. The van der Waals surface area contributed by atoms with Crippen molar-refractivity contribution in [1.29, 1.82) is 0 Å². The van der Waals surface area contributed by atoms with Crippen LogP contribution in [0, 0.1) is 0 Å². The van der Waals surface area contributed by atoms with E-state index < -0.39 is 22.7 Å². The van der Waals surface area contributed by atoms with Gasteiger partial charge in [-0.25, -0.2) is 0 Å². The van der Waals surface area contributed by atoms with Crippen molar-refractivity contribution in [2.24, 2.45) is 0 Å². The number of rotatable bonds is 9. The van der Waals surface area contributed by atoms with Gasteiger partial charge in [-0.15, -0.1) is 0 Å². The van der Waals surface area contributed by atoms with Gasteiger partial charge in [-0.05, 0) is 42.7 Å². The zero-order valence-electron chi connectivity index (χ0n) is 18.8. The molecule has 0 aliphatic heterocycles. The molecule has 3 nitrogen and oxygen atoms in total. The largest absolute Gasteiger partial charge is 0.517 e. The van der Waals surface area contributed by atoms with Gasteiger partial charge in [0.15, 0.2) is 8.32 Å². The van der Waals surface area contributed by atoms with Crippen LogP contribution in [0.25, 0.3) is 0 Å². The average molecular weight is 389 g/mol. The first-order chi connectivity index (χ1) is 11.0. The smallest absolute Gasteiger partial charge is 0.320 e. The zero-order chi connectivity index (χ0) is 20.1. The Morgan fingerprint density at radius 1 is 0.840 bits per heavy atom. The molecular formula is C20H44O3Si2. The highest BCUT2D eigenvalue weighted by molar-refractivity contribution is 6.76. The fourth-order valence-corrected chi connectivity index (χ4v) is 4.20. The number of hydrogen-bond donors (Lipinski definition) is 0. The van der Waals surface area contributed by atoms with E-state index in [0.717, 1.165) is 19.3 Å². The first-order valence-electron chi connectivity index (χ1n) is 9.96. The highest BCUT2D eigenvalue weighted by Gasteiger charge is 2.44. The molecule has 150 valence electrons. The summed E-state index contributed by atoms with van der Waals surface area (Å²) < 4.78 is 12.6. The third kappa shape index (κ3) is 7.96. The van der Waals surface area contributed by atoms with Gasteiger partial charge in [0.25, 0.3) is 8.32 Å². The maximum Gasteiger partial charge on any atom is 0.320 e. The molecule has 0 N–H and O–H groups in total. The molecule has 0 bridgehead atoms. The Morgan fingerprint density at radius 2 is 1.32 bits per heavy atom. The molecule has 0 radical (unpaired) electrons. The molecule has 0 aromatic carbocycles. The molecule has 0 saturated heterocycles. The molecule has 1 unspecified atom stereocenters. The Hall–Kier alpha value is -0.136. The van der Waals surface area contributed by atoms with Gasteiger partial charge in [-0.3, -0.25) is 4.79 Å². The molecule has 0 rings (SSSR count). The molecular weight excluding hydrogens is 344 g/mol. The van der Waals surface area contributed by atoms with Crippen LogP contribution in [0.4, 0.5) is 0 Å². The summed E-state index contributed by atoms with van der Waals surface area (Å²) in [4.78, 5) is 13.0. The van der Waals surface area contributed by atoms with E-state index in [4.69, 9.17) is 8.85 Å². The van der Waals surface area contributed by atoms with Crippen molar-refractivity contribution in [3.8, 4) is 0 Å². The second-order valence-corrected chi connectivity index (χ2v) is 19.9. The molecule has 0 aliphatic rings. The molecule has 0 aromatic heterocycles. The topological polar surface area (TPSA) is 35.5 Å². The Bertz CT molecular complexity index is 418. The fraction of sp³-hybridized carbons (Fsp3) is 0.950. The van der Waals surface area contributed by atoms with E-state index in [0.29, 0.717) is 0 Å². The lowest BCUT2D eigenvalue weighted by Crippen LogP contribution is -2.50. The highest BCUT2D eigenvalue weighted by atomic mass is 28.4. The van der Waals surface area contributed by atoms with Crippen LogP contribution in [0.15, 0.2) is 0 Å². The van der Waals surface area contributed by atoms with Crippen LogP contribution >= 0.6 is 0 Å². The molecule has 0 spiro atoms. The minimum absolute atomic E-state index is 0.0202. The molecule has 25 heavy (non-hydrogen) atoms. The third-order valence-corrected chi connectivity index (χ3v) is 14.8. The lowest BCUT2D eigenvalue weighted by atomic mass is 10.1. The lowest BCUT2D eigenvalue weighted by Gasteiger charge is -2.41. The fourth-order valence-electron chi connectivity index (χ4n) is 1.98. The highest BCUT2D eigenvalue weighted by Crippen LogP contribution is 2.39. The standard InChI is InChI=1S/C20H44O3Si2/c1-12-13-14-15-16-17(22-24(8,9)19(2,3)4)18(21)23-25(10,11)20(5,6)7/h17H,12-16H2,1-11H3. The minimum Gasteiger partial charge on any atom is -0.517 e. The van der Waals surface area contributed by atoms with Crippen LogP contribution in [0.2, 0.25) is 36.3 Å².